The standard InChI is InChI=1S/C28H58O3Si2/c1-23(29-25(3,4)5)19-17-21-32(15,27(9,10)11)31-33(16,28(12,13)14)22-18-20-24(2)30-26(6,7)8/h17-20,23-24H,21-22H2,1-16H3. The van der Waals surface area contributed by atoms with Crippen LogP contribution in [0.3, 0.4) is 0 Å². The minimum atomic E-state index is -2.08. The van der Waals surface area contributed by atoms with Gasteiger partial charge in [0.05, 0.1) is 23.4 Å². The van der Waals surface area contributed by atoms with Crippen LogP contribution in [0.25, 0.3) is 0 Å². The first kappa shape index (κ1) is 32.8. The average Bonchev–Trinajstić information content (AvgIpc) is 2.48. The van der Waals surface area contributed by atoms with Gasteiger partial charge in [-0.15, -0.1) is 0 Å². The van der Waals surface area contributed by atoms with Crippen molar-refractivity contribution in [2.75, 3.05) is 0 Å². The Kier molecular flexibility index (Phi) is 11.6. The Morgan fingerprint density at radius 3 is 1.06 bits per heavy atom. The summed E-state index contributed by atoms with van der Waals surface area (Å²) in [4.78, 5) is 0. The Balaban J connectivity index is 5.71. The summed E-state index contributed by atoms with van der Waals surface area (Å²) in [6, 6.07) is 2.00. The highest BCUT2D eigenvalue weighted by molar-refractivity contribution is 6.89. The molecule has 0 amide bonds. The van der Waals surface area contributed by atoms with Gasteiger partial charge in [0.2, 0.25) is 0 Å². The third-order valence-electron chi connectivity index (χ3n) is 6.53. The highest BCUT2D eigenvalue weighted by atomic mass is 28.4. The van der Waals surface area contributed by atoms with Crippen LogP contribution in [-0.4, -0.2) is 40.0 Å². The van der Waals surface area contributed by atoms with Crippen molar-refractivity contribution in [2.45, 2.75) is 156 Å². The smallest absolute Gasteiger partial charge is 0.185 e. The fourth-order valence-electron chi connectivity index (χ4n) is 3.66. The lowest BCUT2D eigenvalue weighted by molar-refractivity contribution is -0.0303. The molecular weight excluding hydrogens is 440 g/mol. The van der Waals surface area contributed by atoms with E-state index >= 15 is 0 Å². The molecule has 3 nitrogen and oxygen atoms in total. The highest BCUT2D eigenvalue weighted by Gasteiger charge is 2.50. The zero-order valence-electron chi connectivity index (χ0n) is 25.1. The Bertz CT molecular complexity index is 588. The summed E-state index contributed by atoms with van der Waals surface area (Å²) in [5.41, 5.74) is -0.272. The van der Waals surface area contributed by atoms with Crippen LogP contribution in [0, 0.1) is 0 Å². The maximum atomic E-state index is 7.41. The summed E-state index contributed by atoms with van der Waals surface area (Å²) in [5.74, 6) is 0. The topological polar surface area (TPSA) is 27.7 Å². The molecule has 0 aromatic carbocycles. The van der Waals surface area contributed by atoms with Crippen molar-refractivity contribution in [2.24, 2.45) is 0 Å². The van der Waals surface area contributed by atoms with Gasteiger partial charge in [-0.25, -0.2) is 0 Å². The lowest BCUT2D eigenvalue weighted by Gasteiger charge is -2.50. The van der Waals surface area contributed by atoms with E-state index in [2.05, 4.69) is 134 Å². The van der Waals surface area contributed by atoms with Crippen molar-refractivity contribution >= 4 is 16.6 Å². The summed E-state index contributed by atoms with van der Waals surface area (Å²) < 4.78 is 19.6. The molecular formula is C28H58O3Si2. The maximum Gasteiger partial charge on any atom is 0.185 e. The zero-order chi connectivity index (χ0) is 26.5. The Morgan fingerprint density at radius 2 is 0.848 bits per heavy atom. The first-order valence-electron chi connectivity index (χ1n) is 12.8. The molecule has 0 radical (unpaired) electrons. The van der Waals surface area contributed by atoms with Crippen molar-refractivity contribution in [1.29, 1.82) is 0 Å². The lowest BCUT2D eigenvalue weighted by Crippen LogP contribution is -2.56. The Morgan fingerprint density at radius 1 is 0.576 bits per heavy atom. The normalized spacial score (nSPS) is 20.1. The van der Waals surface area contributed by atoms with Gasteiger partial charge in [0.1, 0.15) is 0 Å². The van der Waals surface area contributed by atoms with Crippen molar-refractivity contribution in [1.82, 2.24) is 0 Å². The van der Waals surface area contributed by atoms with E-state index in [1.54, 1.807) is 0 Å². The molecule has 0 N–H and O–H groups in total. The molecule has 4 unspecified atom stereocenters. The number of allylic oxidation sites excluding steroid dienone is 2. The first-order chi connectivity index (χ1) is 14.4. The van der Waals surface area contributed by atoms with E-state index in [-0.39, 0.29) is 33.5 Å². The molecule has 0 bridgehead atoms. The van der Waals surface area contributed by atoms with Gasteiger partial charge in [-0.1, -0.05) is 65.8 Å². The van der Waals surface area contributed by atoms with Crippen LogP contribution in [0.15, 0.2) is 24.3 Å². The van der Waals surface area contributed by atoms with Crippen LogP contribution in [0.1, 0.15) is 96.9 Å². The molecule has 0 aliphatic heterocycles. The predicted octanol–water partition coefficient (Wildman–Crippen LogP) is 9.27. The molecule has 0 fully saturated rings. The monoisotopic (exact) mass is 498 g/mol. The molecule has 0 aromatic rings. The molecule has 0 aliphatic rings. The quantitative estimate of drug-likeness (QED) is 0.222. The van der Waals surface area contributed by atoms with Crippen LogP contribution in [-0.2, 0) is 13.6 Å². The second-order valence-corrected chi connectivity index (χ2v) is 23.8. The number of hydrogen-bond acceptors (Lipinski definition) is 3. The fraction of sp³-hybridized carbons (Fsp3) is 0.857. The molecule has 0 spiro atoms. The highest BCUT2D eigenvalue weighted by Crippen LogP contribution is 2.48. The molecule has 0 saturated heterocycles. The van der Waals surface area contributed by atoms with Gasteiger partial charge in [0.15, 0.2) is 16.6 Å². The van der Waals surface area contributed by atoms with Crippen molar-refractivity contribution in [3.63, 3.8) is 0 Å². The maximum absolute atomic E-state index is 7.41. The number of ether oxygens (including phenoxy) is 2. The van der Waals surface area contributed by atoms with E-state index in [1.807, 2.05) is 0 Å². The van der Waals surface area contributed by atoms with Gasteiger partial charge < -0.3 is 13.6 Å². The molecule has 4 atom stereocenters. The Hall–Kier alpha value is -0.206. The third-order valence-corrected chi connectivity index (χ3v) is 18.5. The number of rotatable bonds is 10. The van der Waals surface area contributed by atoms with E-state index in [9.17, 15) is 0 Å². The van der Waals surface area contributed by atoms with Gasteiger partial charge in [-0.2, -0.15) is 0 Å². The average molecular weight is 499 g/mol. The van der Waals surface area contributed by atoms with Crippen LogP contribution >= 0.6 is 0 Å². The van der Waals surface area contributed by atoms with E-state index < -0.39 is 16.6 Å². The summed E-state index contributed by atoms with van der Waals surface area (Å²) in [5, 5.41) is 0.272. The molecule has 0 aromatic heterocycles. The fourth-order valence-corrected chi connectivity index (χ4v) is 13.2. The predicted molar refractivity (Wildman–Crippen MR) is 152 cm³/mol. The third kappa shape index (κ3) is 12.4. The molecule has 5 heteroatoms. The second kappa shape index (κ2) is 11.7. The van der Waals surface area contributed by atoms with E-state index in [4.69, 9.17) is 13.6 Å². The zero-order valence-corrected chi connectivity index (χ0v) is 27.1. The van der Waals surface area contributed by atoms with E-state index in [0.29, 0.717) is 0 Å². The van der Waals surface area contributed by atoms with Crippen LogP contribution in [0.5, 0.6) is 0 Å². The van der Waals surface area contributed by atoms with E-state index in [0.717, 1.165) is 12.1 Å². The minimum Gasteiger partial charge on any atom is -0.454 e. The summed E-state index contributed by atoms with van der Waals surface area (Å²) >= 11 is 0. The SMILES string of the molecule is CC(C=CC[Si](C)(O[Si](C)(CC=CC(C)OC(C)(C)C)C(C)(C)C)C(C)(C)C)OC(C)(C)C. The van der Waals surface area contributed by atoms with Crippen LogP contribution in [0.2, 0.25) is 35.3 Å². The molecule has 0 rings (SSSR count). The van der Waals surface area contributed by atoms with Gasteiger partial charge >= 0.3 is 0 Å². The molecule has 0 saturated carbocycles. The summed E-state index contributed by atoms with van der Waals surface area (Å²) in [7, 11) is -4.17. The lowest BCUT2D eigenvalue weighted by atomic mass is 10.2. The second-order valence-electron chi connectivity index (χ2n) is 14.2. The van der Waals surface area contributed by atoms with Gasteiger partial charge in [0.25, 0.3) is 0 Å². The summed E-state index contributed by atoms with van der Waals surface area (Å²) in [6.45, 7) is 35.9. The van der Waals surface area contributed by atoms with Crippen molar-refractivity contribution < 1.29 is 13.6 Å². The van der Waals surface area contributed by atoms with Gasteiger partial charge in [-0.3, -0.25) is 0 Å². The van der Waals surface area contributed by atoms with Gasteiger partial charge in [-0.05, 0) is 90.6 Å². The Labute approximate surface area is 210 Å². The van der Waals surface area contributed by atoms with E-state index in [1.165, 1.54) is 0 Å². The number of hydrogen-bond donors (Lipinski definition) is 0. The van der Waals surface area contributed by atoms with Crippen LogP contribution in [0.4, 0.5) is 0 Å². The van der Waals surface area contributed by atoms with Crippen molar-refractivity contribution in [3.8, 4) is 0 Å². The van der Waals surface area contributed by atoms with Gasteiger partial charge in [0, 0.05) is 0 Å². The minimum absolute atomic E-state index is 0.0988. The molecule has 33 heavy (non-hydrogen) atoms. The first-order valence-corrected chi connectivity index (χ1v) is 18.0. The summed E-state index contributed by atoms with van der Waals surface area (Å²) in [6.07, 6.45) is 9.27. The van der Waals surface area contributed by atoms with Crippen molar-refractivity contribution in [3.05, 3.63) is 24.3 Å². The van der Waals surface area contributed by atoms with Crippen LogP contribution < -0.4 is 0 Å². The molecule has 0 heterocycles. The molecule has 0 aliphatic carbocycles. The molecule has 196 valence electrons. The largest absolute Gasteiger partial charge is 0.454 e.